The summed E-state index contributed by atoms with van der Waals surface area (Å²) < 4.78 is 7.94. The van der Waals surface area contributed by atoms with Gasteiger partial charge in [0.1, 0.15) is 11.5 Å². The van der Waals surface area contributed by atoms with Crippen molar-refractivity contribution in [3.8, 4) is 17.3 Å². The van der Waals surface area contributed by atoms with Gasteiger partial charge < -0.3 is 20.1 Å². The van der Waals surface area contributed by atoms with E-state index in [9.17, 15) is 5.11 Å². The van der Waals surface area contributed by atoms with Crippen molar-refractivity contribution in [1.29, 1.82) is 0 Å². The van der Waals surface area contributed by atoms with Gasteiger partial charge in [-0.05, 0) is 73.7 Å². The summed E-state index contributed by atoms with van der Waals surface area (Å²) in [4.78, 5) is 16.9. The van der Waals surface area contributed by atoms with Crippen LogP contribution in [0, 0.1) is 6.92 Å². The molecule has 0 amide bonds. The van der Waals surface area contributed by atoms with Crippen LogP contribution in [0.4, 0.5) is 22.9 Å². The van der Waals surface area contributed by atoms with Gasteiger partial charge in [-0.15, -0.1) is 0 Å². The smallest absolute Gasteiger partial charge is 0.179 e. The number of halogens is 1. The number of para-hydroxylation sites is 2. The van der Waals surface area contributed by atoms with Gasteiger partial charge in [0.25, 0.3) is 0 Å². The van der Waals surface area contributed by atoms with E-state index in [0.717, 1.165) is 38.5 Å². The molecule has 202 valence electrons. The molecule has 2 N–H and O–H groups in total. The number of fused-ring (bicyclic) bond motifs is 4. The monoisotopic (exact) mass is 605 g/mol. The summed E-state index contributed by atoms with van der Waals surface area (Å²) in [5.41, 5.74) is 4.83. The SMILES string of the molecule is COc1ccc(NC2=Nc3ccccc3N3C2=Nc2c(c(C)nn2-c2ccccn2)[C@H]3c2cc(Br)ccc2O)cc1. The molecule has 0 saturated carbocycles. The summed E-state index contributed by atoms with van der Waals surface area (Å²) in [6, 6.07) is 26.2. The second-order valence-corrected chi connectivity index (χ2v) is 10.6. The minimum atomic E-state index is -0.461. The fourth-order valence-corrected chi connectivity index (χ4v) is 5.66. The second-order valence-electron chi connectivity index (χ2n) is 9.64. The molecule has 0 saturated heterocycles. The van der Waals surface area contributed by atoms with E-state index in [1.54, 1.807) is 24.1 Å². The molecule has 10 heteroatoms. The number of methoxy groups -OCH3 is 1. The van der Waals surface area contributed by atoms with Gasteiger partial charge in [-0.25, -0.2) is 15.0 Å². The predicted octanol–water partition coefficient (Wildman–Crippen LogP) is 6.85. The van der Waals surface area contributed by atoms with E-state index in [1.807, 2.05) is 85.8 Å². The van der Waals surface area contributed by atoms with Gasteiger partial charge in [0.2, 0.25) is 0 Å². The van der Waals surface area contributed by atoms with Gasteiger partial charge in [0.05, 0.1) is 30.2 Å². The number of aromatic hydroxyl groups is 1. The summed E-state index contributed by atoms with van der Waals surface area (Å²) >= 11 is 3.61. The molecule has 3 aromatic carbocycles. The molecule has 0 fully saturated rings. The number of aliphatic imine (C=N–C) groups is 2. The molecular weight excluding hydrogens is 582 g/mol. The molecule has 9 nitrogen and oxygen atoms in total. The third-order valence-corrected chi connectivity index (χ3v) is 7.63. The number of phenolic OH excluding ortho intramolecular Hbond substituents is 1. The number of nitrogens with zero attached hydrogens (tertiary/aromatic N) is 6. The Kier molecular flexibility index (Phi) is 6.05. The second kappa shape index (κ2) is 9.90. The normalized spacial score (nSPS) is 15.3. The fraction of sp³-hybridized carbons (Fsp3) is 0.0968. The molecule has 41 heavy (non-hydrogen) atoms. The van der Waals surface area contributed by atoms with Crippen LogP contribution in [0.3, 0.4) is 0 Å². The van der Waals surface area contributed by atoms with E-state index in [4.69, 9.17) is 19.8 Å². The highest BCUT2D eigenvalue weighted by molar-refractivity contribution is 9.10. The molecular formula is C31H24BrN7O2. The van der Waals surface area contributed by atoms with Crippen molar-refractivity contribution in [3.05, 3.63) is 112 Å². The molecule has 0 bridgehead atoms. The van der Waals surface area contributed by atoms with Gasteiger partial charge in [0.15, 0.2) is 23.3 Å². The molecule has 0 radical (unpaired) electrons. The lowest BCUT2D eigenvalue weighted by Crippen LogP contribution is -2.46. The number of ether oxygens (including phenoxy) is 1. The van der Waals surface area contributed by atoms with Crippen molar-refractivity contribution >= 4 is 50.5 Å². The van der Waals surface area contributed by atoms with Crippen molar-refractivity contribution in [1.82, 2.24) is 14.8 Å². The number of rotatable bonds is 4. The largest absolute Gasteiger partial charge is 0.508 e. The van der Waals surface area contributed by atoms with Crippen molar-refractivity contribution in [2.75, 3.05) is 17.3 Å². The number of benzene rings is 3. The van der Waals surface area contributed by atoms with Crippen LogP contribution in [0.2, 0.25) is 0 Å². The highest BCUT2D eigenvalue weighted by Gasteiger charge is 2.42. The maximum Gasteiger partial charge on any atom is 0.179 e. The molecule has 7 rings (SSSR count). The Morgan fingerprint density at radius 2 is 1.76 bits per heavy atom. The molecule has 4 heterocycles. The van der Waals surface area contributed by atoms with Crippen molar-refractivity contribution in [2.24, 2.45) is 9.98 Å². The summed E-state index contributed by atoms with van der Waals surface area (Å²) in [5.74, 6) is 3.34. The van der Waals surface area contributed by atoms with E-state index < -0.39 is 6.04 Å². The first-order chi connectivity index (χ1) is 20.0. The first-order valence-electron chi connectivity index (χ1n) is 13.0. The summed E-state index contributed by atoms with van der Waals surface area (Å²) in [6.45, 7) is 1.96. The number of anilines is 2. The Balaban J connectivity index is 1.49. The minimum absolute atomic E-state index is 0.167. The highest BCUT2D eigenvalue weighted by Crippen LogP contribution is 2.50. The third-order valence-electron chi connectivity index (χ3n) is 7.14. The van der Waals surface area contributed by atoms with Gasteiger partial charge >= 0.3 is 0 Å². The number of aromatic nitrogens is 3. The summed E-state index contributed by atoms with van der Waals surface area (Å²) in [6.07, 6.45) is 1.73. The van der Waals surface area contributed by atoms with Crippen LogP contribution in [0.25, 0.3) is 5.82 Å². The highest BCUT2D eigenvalue weighted by atomic mass is 79.9. The number of hydrogen-bond donors (Lipinski definition) is 2. The molecule has 0 unspecified atom stereocenters. The third kappa shape index (κ3) is 4.23. The Hall–Kier alpha value is -4.96. The Labute approximate surface area is 244 Å². The number of aryl methyl sites for hydroxylation is 1. The van der Waals surface area contributed by atoms with Crippen LogP contribution in [-0.2, 0) is 0 Å². The average Bonchev–Trinajstić information content (AvgIpc) is 3.34. The van der Waals surface area contributed by atoms with Crippen LogP contribution in [0.1, 0.15) is 22.9 Å². The van der Waals surface area contributed by atoms with Crippen LogP contribution >= 0.6 is 15.9 Å². The lowest BCUT2D eigenvalue weighted by Gasteiger charge is -2.40. The van der Waals surface area contributed by atoms with Gasteiger partial charge in [-0.3, -0.25) is 0 Å². The molecule has 1 atom stereocenters. The molecule has 2 aliphatic rings. The predicted molar refractivity (Wildman–Crippen MR) is 163 cm³/mol. The number of pyridine rings is 1. The van der Waals surface area contributed by atoms with Crippen LogP contribution in [0.5, 0.6) is 11.5 Å². The van der Waals surface area contributed by atoms with Crippen LogP contribution in [0.15, 0.2) is 106 Å². The number of amidine groups is 2. The first kappa shape index (κ1) is 25.0. The zero-order valence-electron chi connectivity index (χ0n) is 22.2. The average molecular weight is 606 g/mol. The number of hydrogen-bond acceptors (Lipinski definition) is 8. The Morgan fingerprint density at radius 3 is 2.54 bits per heavy atom. The minimum Gasteiger partial charge on any atom is -0.508 e. The zero-order valence-corrected chi connectivity index (χ0v) is 23.7. The van der Waals surface area contributed by atoms with Crippen LogP contribution in [-0.4, -0.2) is 38.7 Å². The van der Waals surface area contributed by atoms with Crippen LogP contribution < -0.4 is 15.0 Å². The van der Waals surface area contributed by atoms with E-state index in [2.05, 4.69) is 31.1 Å². The maximum absolute atomic E-state index is 11.2. The van der Waals surface area contributed by atoms with Crippen molar-refractivity contribution < 1.29 is 9.84 Å². The Bertz CT molecular complexity index is 1850. The summed E-state index contributed by atoms with van der Waals surface area (Å²) in [5, 5.41) is 19.6. The zero-order chi connectivity index (χ0) is 28.1. The molecule has 0 aliphatic carbocycles. The first-order valence-corrected chi connectivity index (χ1v) is 13.8. The molecule has 2 aromatic heterocycles. The van der Waals surface area contributed by atoms with Crippen molar-refractivity contribution in [3.63, 3.8) is 0 Å². The number of phenols is 1. The van der Waals surface area contributed by atoms with Gasteiger partial charge in [-0.1, -0.05) is 34.1 Å². The molecule has 0 spiro atoms. The lowest BCUT2D eigenvalue weighted by molar-refractivity contribution is 0.415. The van der Waals surface area contributed by atoms with Gasteiger partial charge in [-0.2, -0.15) is 9.78 Å². The van der Waals surface area contributed by atoms with E-state index in [-0.39, 0.29) is 5.75 Å². The fourth-order valence-electron chi connectivity index (χ4n) is 5.29. The van der Waals surface area contributed by atoms with Crippen molar-refractivity contribution in [2.45, 2.75) is 13.0 Å². The summed E-state index contributed by atoms with van der Waals surface area (Å²) in [7, 11) is 1.64. The Morgan fingerprint density at radius 1 is 0.951 bits per heavy atom. The standard InChI is InChI=1S/C31H24BrN7O2/c1-18-27-28(22-17-19(32)10-15-25(22)40)38-24-8-4-3-7-23(24)35-29(34-20-11-13-21(41-2)14-12-20)31(38)36-30(27)39(37-18)26-9-5-6-16-33-26/h3-17,28,40H,1-2H3,(H,34,35)/t28-/m1/s1. The molecule has 5 aromatic rings. The lowest BCUT2D eigenvalue weighted by atomic mass is 9.92. The number of nitrogens with one attached hydrogen (secondary N) is 1. The van der Waals surface area contributed by atoms with Gasteiger partial charge in [0, 0.05) is 27.5 Å². The van der Waals surface area contributed by atoms with E-state index in [0.29, 0.717) is 28.9 Å². The van der Waals surface area contributed by atoms with E-state index >= 15 is 0 Å². The van der Waals surface area contributed by atoms with E-state index in [1.165, 1.54) is 0 Å². The quantitative estimate of drug-likeness (QED) is 0.232. The topological polar surface area (TPSA) is 100 Å². The molecule has 2 aliphatic heterocycles. The maximum atomic E-state index is 11.2.